The molecule has 0 aromatic heterocycles. The molecular formula is C28H19Cl2F5N2O6. The normalized spacial score (nSPS) is 31.7. The second-order valence-corrected chi connectivity index (χ2v) is 12.1. The summed E-state index contributed by atoms with van der Waals surface area (Å²) in [5, 5.41) is 10.2. The number of halogens is 7. The zero-order valence-electron chi connectivity index (χ0n) is 22.1. The summed E-state index contributed by atoms with van der Waals surface area (Å²) in [6, 6.07) is 3.76. The van der Waals surface area contributed by atoms with Crippen LogP contribution in [-0.4, -0.2) is 57.5 Å². The predicted molar refractivity (Wildman–Crippen MR) is 139 cm³/mol. The molecule has 6 rings (SSSR count). The van der Waals surface area contributed by atoms with Crippen LogP contribution in [0.4, 0.5) is 27.6 Å². The summed E-state index contributed by atoms with van der Waals surface area (Å²) in [6.07, 6.45) is 1.00. The lowest BCUT2D eigenvalue weighted by molar-refractivity contribution is -0.138. The molecule has 43 heavy (non-hydrogen) atoms. The van der Waals surface area contributed by atoms with Crippen molar-refractivity contribution in [1.82, 2.24) is 4.90 Å². The van der Waals surface area contributed by atoms with Crippen molar-refractivity contribution in [2.24, 2.45) is 17.8 Å². The number of carbonyl (C=O) groups excluding carboxylic acids is 4. The van der Waals surface area contributed by atoms with Crippen LogP contribution >= 0.6 is 23.2 Å². The number of phenols is 1. The molecular weight excluding hydrogens is 626 g/mol. The van der Waals surface area contributed by atoms with E-state index in [1.165, 1.54) is 32.4 Å². The Morgan fingerprint density at radius 3 is 2.12 bits per heavy atom. The maximum absolute atomic E-state index is 15.0. The zero-order valence-corrected chi connectivity index (χ0v) is 23.6. The number of anilines is 1. The Hall–Kier alpha value is -3.71. The van der Waals surface area contributed by atoms with Crippen molar-refractivity contribution in [3.8, 4) is 11.5 Å². The van der Waals surface area contributed by atoms with Crippen LogP contribution in [0, 0.1) is 46.8 Å². The van der Waals surface area contributed by atoms with E-state index in [1.54, 1.807) is 6.08 Å². The predicted octanol–water partition coefficient (Wildman–Crippen LogP) is 4.29. The SMILES string of the molecule is COc1cc(C2C3=CCC4C(=O)N(C)C(=O)C4C3CC3(Cl)C(=O)N(c4c(F)c(F)c(F)c(F)c4F)C(=O)C23Cl)ccc1O. The number of ether oxygens (including phenoxy) is 1. The van der Waals surface area contributed by atoms with Crippen molar-refractivity contribution < 1.29 is 51.0 Å². The number of hydrogen-bond donors (Lipinski definition) is 1. The van der Waals surface area contributed by atoms with Crippen LogP contribution in [0.5, 0.6) is 11.5 Å². The van der Waals surface area contributed by atoms with Crippen LogP contribution in [-0.2, 0) is 19.2 Å². The van der Waals surface area contributed by atoms with E-state index in [0.29, 0.717) is 0 Å². The van der Waals surface area contributed by atoms with Gasteiger partial charge in [0.25, 0.3) is 11.8 Å². The van der Waals surface area contributed by atoms with Gasteiger partial charge >= 0.3 is 0 Å². The average molecular weight is 645 g/mol. The van der Waals surface area contributed by atoms with Crippen molar-refractivity contribution in [2.45, 2.75) is 28.5 Å². The number of likely N-dealkylation sites (tertiary alicyclic amines) is 1. The lowest BCUT2D eigenvalue weighted by Crippen LogP contribution is -2.60. The molecule has 0 spiro atoms. The molecule has 0 radical (unpaired) electrons. The van der Waals surface area contributed by atoms with E-state index in [1.807, 2.05) is 0 Å². The first-order valence-electron chi connectivity index (χ1n) is 12.8. The molecule has 1 N–H and O–H groups in total. The Balaban J connectivity index is 1.62. The van der Waals surface area contributed by atoms with Crippen molar-refractivity contribution in [3.63, 3.8) is 0 Å². The molecule has 2 saturated heterocycles. The molecule has 2 heterocycles. The number of rotatable bonds is 3. The van der Waals surface area contributed by atoms with Gasteiger partial charge in [-0.25, -0.2) is 26.9 Å². The Labute approximate surface area is 249 Å². The molecule has 226 valence electrons. The van der Waals surface area contributed by atoms with Gasteiger partial charge in [-0.2, -0.15) is 0 Å². The van der Waals surface area contributed by atoms with Crippen LogP contribution in [0.15, 0.2) is 29.8 Å². The fraction of sp³-hybridized carbons (Fsp3) is 0.357. The van der Waals surface area contributed by atoms with E-state index in [0.717, 1.165) is 4.90 Å². The Morgan fingerprint density at radius 1 is 0.907 bits per heavy atom. The van der Waals surface area contributed by atoms with E-state index in [-0.39, 0.29) is 34.0 Å². The minimum absolute atomic E-state index is 0.0306. The molecule has 15 heteroatoms. The van der Waals surface area contributed by atoms with E-state index >= 15 is 8.78 Å². The number of allylic oxidation sites excluding steroid dienone is 2. The zero-order chi connectivity index (χ0) is 31.5. The summed E-state index contributed by atoms with van der Waals surface area (Å²) in [7, 11) is 2.51. The van der Waals surface area contributed by atoms with Gasteiger partial charge < -0.3 is 9.84 Å². The number of nitrogens with zero attached hydrogens (tertiary/aromatic N) is 2. The maximum atomic E-state index is 15.0. The van der Waals surface area contributed by atoms with Crippen molar-refractivity contribution in [1.29, 1.82) is 0 Å². The fourth-order valence-electron chi connectivity index (χ4n) is 6.97. The lowest BCUT2D eigenvalue weighted by atomic mass is 9.56. The van der Waals surface area contributed by atoms with Crippen LogP contribution in [0.1, 0.15) is 24.3 Å². The van der Waals surface area contributed by atoms with Crippen molar-refractivity contribution >= 4 is 52.5 Å². The first-order valence-corrected chi connectivity index (χ1v) is 13.6. The average Bonchev–Trinajstić information content (AvgIpc) is 3.29. The molecule has 2 aliphatic heterocycles. The fourth-order valence-corrected chi connectivity index (χ4v) is 7.91. The summed E-state index contributed by atoms with van der Waals surface area (Å²) in [4.78, 5) is 49.7. The van der Waals surface area contributed by atoms with Crippen LogP contribution in [0.25, 0.3) is 0 Å². The van der Waals surface area contributed by atoms with E-state index in [9.17, 15) is 37.5 Å². The highest BCUT2D eigenvalue weighted by molar-refractivity contribution is 6.58. The van der Waals surface area contributed by atoms with Gasteiger partial charge in [-0.3, -0.25) is 24.1 Å². The molecule has 6 atom stereocenters. The maximum Gasteiger partial charge on any atom is 0.258 e. The van der Waals surface area contributed by atoms with E-state index in [4.69, 9.17) is 27.9 Å². The molecule has 2 aliphatic carbocycles. The van der Waals surface area contributed by atoms with Gasteiger partial charge in [0.2, 0.25) is 17.6 Å². The minimum Gasteiger partial charge on any atom is -0.504 e. The smallest absolute Gasteiger partial charge is 0.258 e. The molecule has 2 aromatic rings. The van der Waals surface area contributed by atoms with Crippen molar-refractivity contribution in [2.75, 3.05) is 19.1 Å². The number of hydrogen-bond acceptors (Lipinski definition) is 6. The van der Waals surface area contributed by atoms with E-state index in [2.05, 4.69) is 0 Å². The largest absolute Gasteiger partial charge is 0.504 e. The third-order valence-electron chi connectivity index (χ3n) is 8.98. The highest BCUT2D eigenvalue weighted by Crippen LogP contribution is 2.66. The number of carbonyl (C=O) groups is 4. The third-order valence-corrected chi connectivity index (χ3v) is 10.4. The van der Waals surface area contributed by atoms with Gasteiger partial charge in [0.05, 0.1) is 18.9 Å². The standard InChI is InChI=1S/C28H19Cl2F5N2O6/c1-36-23(39)11-5-4-10-12(15(11)24(36)40)8-27(29)25(41)37(22-20(34)18(32)17(31)19(33)21(22)35)26(42)28(27,30)16(10)9-3-6-13(38)14(7-9)43-2/h3-4,6-7,11-12,15-16,38H,5,8H2,1-2H3. The van der Waals surface area contributed by atoms with Gasteiger partial charge in [0.1, 0.15) is 5.69 Å². The Morgan fingerprint density at radius 2 is 1.51 bits per heavy atom. The Bertz CT molecular complexity index is 1690. The molecule has 4 amide bonds. The number of alkyl halides is 2. The van der Waals surface area contributed by atoms with Gasteiger partial charge in [-0.1, -0.05) is 17.7 Å². The van der Waals surface area contributed by atoms with Gasteiger partial charge in [-0.15, -0.1) is 23.2 Å². The monoisotopic (exact) mass is 644 g/mol. The highest BCUT2D eigenvalue weighted by atomic mass is 35.5. The molecule has 3 fully saturated rings. The number of phenolic OH excluding ortho intramolecular Hbond substituents is 1. The summed E-state index contributed by atoms with van der Waals surface area (Å²) in [5.74, 6) is -21.3. The Kier molecular flexibility index (Phi) is 6.41. The lowest BCUT2D eigenvalue weighted by Gasteiger charge is -2.50. The molecule has 0 bridgehead atoms. The summed E-state index contributed by atoms with van der Waals surface area (Å²) in [6.45, 7) is 0. The van der Waals surface area contributed by atoms with Crippen LogP contribution < -0.4 is 9.64 Å². The first-order chi connectivity index (χ1) is 20.1. The molecule has 8 nitrogen and oxygen atoms in total. The molecule has 4 aliphatic rings. The number of benzene rings is 2. The van der Waals surface area contributed by atoms with Crippen LogP contribution in [0.3, 0.4) is 0 Å². The first kappa shape index (κ1) is 29.4. The number of fused-ring (bicyclic) bond motifs is 4. The number of aromatic hydroxyl groups is 1. The van der Waals surface area contributed by atoms with Gasteiger partial charge in [0.15, 0.2) is 44.5 Å². The number of imide groups is 2. The molecule has 6 unspecified atom stereocenters. The summed E-state index contributed by atoms with van der Waals surface area (Å²) < 4.78 is 77.5. The van der Waals surface area contributed by atoms with Gasteiger partial charge in [0, 0.05) is 13.0 Å². The number of amides is 4. The summed E-state index contributed by atoms with van der Waals surface area (Å²) >= 11 is 14.0. The number of methoxy groups -OCH3 is 1. The van der Waals surface area contributed by atoms with Gasteiger partial charge in [-0.05, 0) is 36.5 Å². The molecule has 1 saturated carbocycles. The third kappa shape index (κ3) is 3.48. The topological polar surface area (TPSA) is 104 Å². The molecule has 2 aromatic carbocycles. The second-order valence-electron chi connectivity index (χ2n) is 10.9. The van der Waals surface area contributed by atoms with E-state index < -0.39 is 98.2 Å². The minimum atomic E-state index is -2.65. The highest BCUT2D eigenvalue weighted by Gasteiger charge is 2.77. The second kappa shape index (κ2) is 9.39. The quantitative estimate of drug-likeness (QED) is 0.134. The van der Waals surface area contributed by atoms with Crippen LogP contribution in [0.2, 0.25) is 0 Å². The van der Waals surface area contributed by atoms with Crippen molar-refractivity contribution in [3.05, 3.63) is 64.5 Å². The summed E-state index contributed by atoms with van der Waals surface area (Å²) in [5.41, 5.74) is -1.46.